The molecule has 4 rings (SSSR count). The SMILES string of the molecule is CN(N)/C=C1/C=C(Nc2nc(=O)n(Cc3csc(F)n3)c(=O)n2Cc2cc(F)c(F)cc2F)C(Cl)=CC1. The molecule has 1 aromatic carbocycles. The molecule has 0 unspecified atom stereocenters. The highest BCUT2D eigenvalue weighted by Crippen LogP contribution is 2.26. The lowest BCUT2D eigenvalue weighted by molar-refractivity contribution is 0.481. The van der Waals surface area contributed by atoms with Gasteiger partial charge in [0.05, 0.1) is 29.5 Å². The zero-order chi connectivity index (χ0) is 26.9. The second-order valence-electron chi connectivity index (χ2n) is 7.93. The first-order chi connectivity index (χ1) is 17.5. The minimum Gasteiger partial charge on any atom is -0.324 e. The Hall–Kier alpha value is -3.75. The summed E-state index contributed by atoms with van der Waals surface area (Å²) < 4.78 is 56.6. The van der Waals surface area contributed by atoms with Gasteiger partial charge in [-0.3, -0.25) is 4.57 Å². The summed E-state index contributed by atoms with van der Waals surface area (Å²) in [7, 11) is 1.61. The van der Waals surface area contributed by atoms with E-state index in [1.54, 1.807) is 25.4 Å². The number of halogens is 5. The van der Waals surface area contributed by atoms with Gasteiger partial charge in [0.15, 0.2) is 11.6 Å². The second-order valence-corrected chi connectivity index (χ2v) is 9.15. The Bertz CT molecular complexity index is 1580. The Labute approximate surface area is 215 Å². The van der Waals surface area contributed by atoms with E-state index in [1.807, 2.05) is 0 Å². The maximum absolute atomic E-state index is 14.5. The molecule has 15 heteroatoms. The fourth-order valence-corrected chi connectivity index (χ4v) is 4.18. The highest BCUT2D eigenvalue weighted by Gasteiger charge is 2.20. The Kier molecular flexibility index (Phi) is 7.61. The third kappa shape index (κ3) is 5.98. The maximum atomic E-state index is 14.5. The van der Waals surface area contributed by atoms with Gasteiger partial charge in [0.1, 0.15) is 5.82 Å². The summed E-state index contributed by atoms with van der Waals surface area (Å²) >= 11 is 6.97. The monoisotopic (exact) mass is 555 g/mol. The number of nitrogens with one attached hydrogen (secondary N) is 1. The molecule has 0 atom stereocenters. The van der Waals surface area contributed by atoms with Crippen LogP contribution in [0.15, 0.2) is 61.8 Å². The van der Waals surface area contributed by atoms with Crippen LogP contribution in [0, 0.1) is 22.7 Å². The summed E-state index contributed by atoms with van der Waals surface area (Å²) in [6.45, 7) is -1.06. The van der Waals surface area contributed by atoms with Crippen LogP contribution in [-0.4, -0.2) is 31.2 Å². The average molecular weight is 556 g/mol. The molecule has 2 aromatic heterocycles. The number of thiazole rings is 1. The number of allylic oxidation sites excluding steroid dienone is 4. The van der Waals surface area contributed by atoms with Gasteiger partial charge in [0.25, 0.3) is 5.26 Å². The van der Waals surface area contributed by atoms with Gasteiger partial charge >= 0.3 is 11.4 Å². The van der Waals surface area contributed by atoms with Crippen molar-refractivity contribution in [1.82, 2.24) is 24.1 Å². The second kappa shape index (κ2) is 10.7. The minimum absolute atomic E-state index is 0.0800. The van der Waals surface area contributed by atoms with Crippen molar-refractivity contribution in [2.75, 3.05) is 12.4 Å². The number of rotatable bonds is 7. The predicted molar refractivity (Wildman–Crippen MR) is 130 cm³/mol. The third-order valence-electron chi connectivity index (χ3n) is 5.13. The minimum atomic E-state index is -1.41. The van der Waals surface area contributed by atoms with Crippen LogP contribution in [0.4, 0.5) is 23.5 Å². The lowest BCUT2D eigenvalue weighted by Gasteiger charge is -2.19. The first-order valence-corrected chi connectivity index (χ1v) is 11.8. The van der Waals surface area contributed by atoms with Gasteiger partial charge in [0, 0.05) is 30.3 Å². The summed E-state index contributed by atoms with van der Waals surface area (Å²) in [4.78, 5) is 33.6. The Balaban J connectivity index is 1.83. The molecule has 37 heavy (non-hydrogen) atoms. The molecule has 3 aromatic rings. The quantitative estimate of drug-likeness (QED) is 0.199. The fraction of sp³-hybridized carbons (Fsp3) is 0.182. The van der Waals surface area contributed by atoms with Crippen LogP contribution >= 0.6 is 22.9 Å². The standard InChI is InChI=1S/C22H18ClF4N7O2S/c1-32(28)7-11-2-3-14(23)18(4-11)30-20-31-21(35)34(9-13-10-37-19(27)29-13)22(36)33(20)8-12-5-16(25)17(26)6-15(12)24/h3-7,10H,2,8-9,28H2,1H3,(H,30,31,35)/b11-7+. The number of hydrazine groups is 1. The molecule has 0 saturated heterocycles. The first kappa shape index (κ1) is 26.3. The molecule has 0 radical (unpaired) electrons. The van der Waals surface area contributed by atoms with Gasteiger partial charge in [-0.15, -0.1) is 0 Å². The van der Waals surface area contributed by atoms with Gasteiger partial charge in [-0.1, -0.05) is 29.0 Å². The van der Waals surface area contributed by atoms with E-state index in [1.165, 1.54) is 10.4 Å². The molecule has 0 amide bonds. The Morgan fingerprint density at radius 3 is 2.54 bits per heavy atom. The van der Waals surface area contributed by atoms with Gasteiger partial charge in [-0.25, -0.2) is 38.2 Å². The van der Waals surface area contributed by atoms with Crippen molar-refractivity contribution < 1.29 is 17.6 Å². The molecule has 2 heterocycles. The van der Waals surface area contributed by atoms with E-state index in [2.05, 4.69) is 15.3 Å². The molecular formula is C22H18ClF4N7O2S. The number of anilines is 1. The van der Waals surface area contributed by atoms with Crippen molar-refractivity contribution in [2.24, 2.45) is 5.84 Å². The molecule has 1 aliphatic rings. The summed E-state index contributed by atoms with van der Waals surface area (Å²) in [5, 5.41) is 4.88. The van der Waals surface area contributed by atoms with Crippen molar-refractivity contribution >= 4 is 28.9 Å². The predicted octanol–water partition coefficient (Wildman–Crippen LogP) is 3.03. The van der Waals surface area contributed by atoms with Crippen LogP contribution < -0.4 is 22.5 Å². The van der Waals surface area contributed by atoms with Crippen LogP contribution in [0.25, 0.3) is 0 Å². The molecule has 0 fully saturated rings. The van der Waals surface area contributed by atoms with E-state index >= 15 is 0 Å². The van der Waals surface area contributed by atoms with Crippen LogP contribution in [0.3, 0.4) is 0 Å². The van der Waals surface area contributed by atoms with Crippen molar-refractivity contribution in [3.05, 3.63) is 107 Å². The number of nitrogens with zero attached hydrogens (tertiary/aromatic N) is 5. The van der Waals surface area contributed by atoms with Crippen LogP contribution in [0.5, 0.6) is 0 Å². The number of hydrogen-bond acceptors (Lipinski definition) is 8. The van der Waals surface area contributed by atoms with E-state index in [-0.39, 0.29) is 27.9 Å². The number of nitrogens with two attached hydrogens (primary N) is 1. The van der Waals surface area contributed by atoms with Crippen molar-refractivity contribution in [3.63, 3.8) is 0 Å². The molecule has 0 aliphatic heterocycles. The van der Waals surface area contributed by atoms with Crippen molar-refractivity contribution in [2.45, 2.75) is 19.5 Å². The van der Waals surface area contributed by atoms with Gasteiger partial charge in [-0.2, -0.15) is 9.37 Å². The molecule has 9 nitrogen and oxygen atoms in total. The van der Waals surface area contributed by atoms with E-state index in [0.717, 1.165) is 10.1 Å². The smallest absolute Gasteiger partial charge is 0.324 e. The summed E-state index contributed by atoms with van der Waals surface area (Å²) in [6, 6.07) is 0.935. The lowest BCUT2D eigenvalue weighted by Crippen LogP contribution is -2.43. The largest absolute Gasteiger partial charge is 0.355 e. The van der Waals surface area contributed by atoms with Gasteiger partial charge < -0.3 is 10.3 Å². The van der Waals surface area contributed by atoms with E-state index in [4.69, 9.17) is 17.4 Å². The van der Waals surface area contributed by atoms with Crippen LogP contribution in [-0.2, 0) is 13.1 Å². The number of aromatic nitrogens is 4. The number of benzene rings is 1. The van der Waals surface area contributed by atoms with Gasteiger partial charge in [-0.05, 0) is 24.1 Å². The molecule has 3 N–H and O–H groups in total. The molecular weight excluding hydrogens is 538 g/mol. The zero-order valence-electron chi connectivity index (χ0n) is 19.0. The van der Waals surface area contributed by atoms with E-state index in [9.17, 15) is 27.2 Å². The summed E-state index contributed by atoms with van der Waals surface area (Å²) in [5.41, 5.74) is -1.36. The van der Waals surface area contributed by atoms with Crippen molar-refractivity contribution in [3.8, 4) is 0 Å². The summed E-state index contributed by atoms with van der Waals surface area (Å²) in [6.07, 6.45) is 5.31. The molecule has 1 aliphatic carbocycles. The normalized spacial score (nSPS) is 14.5. The third-order valence-corrected chi connectivity index (χ3v) is 6.17. The van der Waals surface area contributed by atoms with Gasteiger partial charge in [0.2, 0.25) is 5.95 Å². The highest BCUT2D eigenvalue weighted by atomic mass is 35.5. The summed E-state index contributed by atoms with van der Waals surface area (Å²) in [5.74, 6) is 1.44. The first-order valence-electron chi connectivity index (χ1n) is 10.5. The highest BCUT2D eigenvalue weighted by molar-refractivity contribution is 7.08. The Morgan fingerprint density at radius 2 is 1.86 bits per heavy atom. The topological polar surface area (TPSA) is 111 Å². The molecule has 194 valence electrons. The Morgan fingerprint density at radius 1 is 1.14 bits per heavy atom. The average Bonchev–Trinajstić information content (AvgIpc) is 3.23. The van der Waals surface area contributed by atoms with Crippen LogP contribution in [0.2, 0.25) is 0 Å². The van der Waals surface area contributed by atoms with E-state index in [0.29, 0.717) is 34.5 Å². The fourth-order valence-electron chi connectivity index (χ4n) is 3.47. The molecule has 0 bridgehead atoms. The molecule has 0 spiro atoms. The molecule has 0 saturated carbocycles. The maximum Gasteiger partial charge on any atom is 0.355 e. The van der Waals surface area contributed by atoms with Crippen molar-refractivity contribution in [1.29, 1.82) is 0 Å². The van der Waals surface area contributed by atoms with E-state index < -0.39 is 47.2 Å². The lowest BCUT2D eigenvalue weighted by atomic mass is 10.1. The van der Waals surface area contributed by atoms with Crippen LogP contribution in [0.1, 0.15) is 17.7 Å². The number of hydrogen-bond donors (Lipinski definition) is 2. The zero-order valence-corrected chi connectivity index (χ0v) is 20.6.